The largest absolute Gasteiger partial charge is 0.355 e. The number of hydrogen-bond acceptors (Lipinski definition) is 4. The van der Waals surface area contributed by atoms with Gasteiger partial charge in [0, 0.05) is 37.0 Å². The fraction of sp³-hybridized carbons (Fsp3) is 0.600. The Balaban J connectivity index is 2.17. The van der Waals surface area contributed by atoms with Crippen LogP contribution in [0.4, 0.5) is 0 Å². The van der Waals surface area contributed by atoms with Gasteiger partial charge in [-0.1, -0.05) is 6.92 Å². The van der Waals surface area contributed by atoms with Crippen molar-refractivity contribution in [1.29, 1.82) is 0 Å². The maximum Gasteiger partial charge on any atom is 0.224 e. The van der Waals surface area contributed by atoms with Gasteiger partial charge < -0.3 is 10.6 Å². The summed E-state index contributed by atoms with van der Waals surface area (Å²) in [4.78, 5) is 15.6. The number of thiazole rings is 1. The van der Waals surface area contributed by atoms with E-state index in [0.717, 1.165) is 11.4 Å². The molecule has 0 saturated heterocycles. The number of carbonyl (C=O) groups is 1. The zero-order valence-electron chi connectivity index (χ0n) is 9.12. The van der Waals surface area contributed by atoms with E-state index in [9.17, 15) is 4.79 Å². The SMILES string of the molecule is CNCC(C)C(=O)NCCc1nccs1. The molecule has 0 aliphatic rings. The summed E-state index contributed by atoms with van der Waals surface area (Å²) in [6.07, 6.45) is 2.60. The summed E-state index contributed by atoms with van der Waals surface area (Å²) >= 11 is 1.62. The Morgan fingerprint density at radius 2 is 2.47 bits per heavy atom. The summed E-state index contributed by atoms with van der Waals surface area (Å²) in [7, 11) is 1.85. The van der Waals surface area contributed by atoms with Crippen molar-refractivity contribution < 1.29 is 4.79 Å². The van der Waals surface area contributed by atoms with Gasteiger partial charge in [0.1, 0.15) is 0 Å². The second-order valence-electron chi connectivity index (χ2n) is 3.43. The monoisotopic (exact) mass is 227 g/mol. The van der Waals surface area contributed by atoms with Crippen LogP contribution in [0, 0.1) is 5.92 Å². The lowest BCUT2D eigenvalue weighted by molar-refractivity contribution is -0.124. The third kappa shape index (κ3) is 4.40. The van der Waals surface area contributed by atoms with Crippen molar-refractivity contribution in [3.05, 3.63) is 16.6 Å². The number of rotatable bonds is 6. The summed E-state index contributed by atoms with van der Waals surface area (Å²) in [5.41, 5.74) is 0. The smallest absolute Gasteiger partial charge is 0.224 e. The molecule has 1 atom stereocenters. The minimum atomic E-state index is 0.0197. The molecule has 0 aromatic carbocycles. The molecule has 1 amide bonds. The van der Waals surface area contributed by atoms with Crippen LogP contribution in [0.5, 0.6) is 0 Å². The van der Waals surface area contributed by atoms with Crippen LogP contribution in [-0.4, -0.2) is 31.0 Å². The van der Waals surface area contributed by atoms with Crippen LogP contribution >= 0.6 is 11.3 Å². The lowest BCUT2D eigenvalue weighted by Crippen LogP contribution is -2.35. The van der Waals surface area contributed by atoms with Gasteiger partial charge in [0.2, 0.25) is 5.91 Å². The zero-order chi connectivity index (χ0) is 11.1. The normalized spacial score (nSPS) is 12.4. The Morgan fingerprint density at radius 1 is 1.67 bits per heavy atom. The van der Waals surface area contributed by atoms with Crippen molar-refractivity contribution in [1.82, 2.24) is 15.6 Å². The number of carbonyl (C=O) groups excluding carboxylic acids is 1. The number of nitrogens with zero attached hydrogens (tertiary/aromatic N) is 1. The van der Waals surface area contributed by atoms with E-state index in [1.165, 1.54) is 0 Å². The van der Waals surface area contributed by atoms with Gasteiger partial charge in [0.15, 0.2) is 0 Å². The molecule has 1 rings (SSSR count). The van der Waals surface area contributed by atoms with Crippen LogP contribution in [0.25, 0.3) is 0 Å². The van der Waals surface area contributed by atoms with Crippen LogP contribution < -0.4 is 10.6 Å². The highest BCUT2D eigenvalue weighted by atomic mass is 32.1. The number of amides is 1. The van der Waals surface area contributed by atoms with Gasteiger partial charge in [0.05, 0.1) is 5.01 Å². The molecule has 0 bridgehead atoms. The molecule has 1 unspecified atom stereocenters. The molecule has 0 saturated carbocycles. The van der Waals surface area contributed by atoms with E-state index in [2.05, 4.69) is 15.6 Å². The molecule has 1 aromatic heterocycles. The molecule has 0 fully saturated rings. The maximum absolute atomic E-state index is 11.5. The highest BCUT2D eigenvalue weighted by molar-refractivity contribution is 7.09. The van der Waals surface area contributed by atoms with Crippen molar-refractivity contribution in [3.63, 3.8) is 0 Å². The molecule has 5 heteroatoms. The van der Waals surface area contributed by atoms with E-state index in [1.54, 1.807) is 17.5 Å². The molecular weight excluding hydrogens is 210 g/mol. The second-order valence-corrected chi connectivity index (χ2v) is 4.40. The van der Waals surface area contributed by atoms with Crippen molar-refractivity contribution in [2.24, 2.45) is 5.92 Å². The Labute approximate surface area is 94.1 Å². The molecule has 4 nitrogen and oxygen atoms in total. The Bertz CT molecular complexity index is 287. The Morgan fingerprint density at radius 3 is 3.07 bits per heavy atom. The summed E-state index contributed by atoms with van der Waals surface area (Å²) in [6.45, 7) is 3.29. The fourth-order valence-electron chi connectivity index (χ4n) is 1.24. The summed E-state index contributed by atoms with van der Waals surface area (Å²) in [6, 6.07) is 0. The number of nitrogens with one attached hydrogen (secondary N) is 2. The van der Waals surface area contributed by atoms with Crippen molar-refractivity contribution in [2.45, 2.75) is 13.3 Å². The lowest BCUT2D eigenvalue weighted by Gasteiger charge is -2.10. The third-order valence-corrected chi connectivity index (χ3v) is 2.92. The number of hydrogen-bond donors (Lipinski definition) is 2. The van der Waals surface area contributed by atoms with Crippen LogP contribution in [-0.2, 0) is 11.2 Å². The molecule has 1 aromatic rings. The maximum atomic E-state index is 11.5. The molecule has 84 valence electrons. The highest BCUT2D eigenvalue weighted by Gasteiger charge is 2.10. The zero-order valence-corrected chi connectivity index (χ0v) is 9.93. The molecule has 0 aliphatic heterocycles. The van der Waals surface area contributed by atoms with Gasteiger partial charge >= 0.3 is 0 Å². The van der Waals surface area contributed by atoms with E-state index in [0.29, 0.717) is 13.1 Å². The van der Waals surface area contributed by atoms with E-state index in [4.69, 9.17) is 0 Å². The van der Waals surface area contributed by atoms with Gasteiger partial charge in [-0.15, -0.1) is 11.3 Å². The molecule has 15 heavy (non-hydrogen) atoms. The molecule has 1 heterocycles. The average molecular weight is 227 g/mol. The third-order valence-electron chi connectivity index (χ3n) is 2.08. The van der Waals surface area contributed by atoms with Crippen LogP contribution in [0.15, 0.2) is 11.6 Å². The summed E-state index contributed by atoms with van der Waals surface area (Å²) in [5.74, 6) is 0.118. The highest BCUT2D eigenvalue weighted by Crippen LogP contribution is 2.03. The Kier molecular flexibility index (Phi) is 5.28. The van der Waals surface area contributed by atoms with Crippen LogP contribution in [0.3, 0.4) is 0 Å². The van der Waals surface area contributed by atoms with Gasteiger partial charge in [-0.2, -0.15) is 0 Å². The van der Waals surface area contributed by atoms with E-state index < -0.39 is 0 Å². The lowest BCUT2D eigenvalue weighted by atomic mass is 10.1. The van der Waals surface area contributed by atoms with E-state index in [1.807, 2.05) is 19.4 Å². The van der Waals surface area contributed by atoms with Gasteiger partial charge in [0.25, 0.3) is 0 Å². The van der Waals surface area contributed by atoms with Gasteiger partial charge in [-0.05, 0) is 7.05 Å². The van der Waals surface area contributed by atoms with Gasteiger partial charge in [-0.25, -0.2) is 4.98 Å². The molecule has 0 aliphatic carbocycles. The average Bonchev–Trinajstić information content (AvgIpc) is 2.71. The molecule has 0 radical (unpaired) electrons. The molecule has 0 spiro atoms. The Hall–Kier alpha value is -0.940. The van der Waals surface area contributed by atoms with Crippen molar-refractivity contribution in [2.75, 3.05) is 20.1 Å². The first-order valence-electron chi connectivity index (χ1n) is 5.04. The first kappa shape index (κ1) is 12.1. The molecule has 2 N–H and O–H groups in total. The quantitative estimate of drug-likeness (QED) is 0.750. The second kappa shape index (κ2) is 6.53. The first-order valence-corrected chi connectivity index (χ1v) is 5.92. The fourth-order valence-corrected chi connectivity index (χ4v) is 1.86. The topological polar surface area (TPSA) is 54.0 Å². The van der Waals surface area contributed by atoms with Crippen molar-refractivity contribution >= 4 is 17.2 Å². The van der Waals surface area contributed by atoms with Gasteiger partial charge in [-0.3, -0.25) is 4.79 Å². The van der Waals surface area contributed by atoms with Crippen LogP contribution in [0.1, 0.15) is 11.9 Å². The number of aromatic nitrogens is 1. The predicted molar refractivity (Wildman–Crippen MR) is 61.9 cm³/mol. The van der Waals surface area contributed by atoms with E-state index >= 15 is 0 Å². The first-order chi connectivity index (χ1) is 7.24. The standard InChI is InChI=1S/C10H17N3OS/c1-8(7-11-2)10(14)13-4-3-9-12-5-6-15-9/h5-6,8,11H,3-4,7H2,1-2H3,(H,13,14). The minimum absolute atomic E-state index is 0.0197. The minimum Gasteiger partial charge on any atom is -0.355 e. The van der Waals surface area contributed by atoms with Crippen LogP contribution in [0.2, 0.25) is 0 Å². The molecular formula is C10H17N3OS. The van der Waals surface area contributed by atoms with Crippen molar-refractivity contribution in [3.8, 4) is 0 Å². The predicted octanol–water partition coefficient (Wildman–Crippen LogP) is 0.657. The summed E-state index contributed by atoms with van der Waals surface area (Å²) in [5, 5.41) is 8.89. The van der Waals surface area contributed by atoms with E-state index in [-0.39, 0.29) is 11.8 Å². The summed E-state index contributed by atoms with van der Waals surface area (Å²) < 4.78 is 0.